The second kappa shape index (κ2) is 15.8. The van der Waals surface area contributed by atoms with Crippen LogP contribution in [0.1, 0.15) is 103 Å². The van der Waals surface area contributed by atoms with Crippen LogP contribution < -0.4 is 0 Å². The molecule has 0 saturated carbocycles. The lowest BCUT2D eigenvalue weighted by atomic mass is 10.0. The molecule has 0 aromatic heterocycles. The molecule has 0 bridgehead atoms. The van der Waals surface area contributed by atoms with Crippen molar-refractivity contribution in [2.24, 2.45) is 0 Å². The highest BCUT2D eigenvalue weighted by Crippen LogP contribution is 2.23. The first-order chi connectivity index (χ1) is 13.7. The summed E-state index contributed by atoms with van der Waals surface area (Å²) in [6, 6.07) is 10.9. The maximum Gasteiger partial charge on any atom is 0.104 e. The van der Waals surface area contributed by atoms with Crippen LogP contribution >= 0.6 is 0 Å². The minimum atomic E-state index is 1.13. The summed E-state index contributed by atoms with van der Waals surface area (Å²) in [6.45, 7) is 16.6. The quantitative estimate of drug-likeness (QED) is 0.176. The molecular weight excluding hydrogens is 338 g/mol. The van der Waals surface area contributed by atoms with Crippen LogP contribution in [0.15, 0.2) is 36.9 Å². The van der Waals surface area contributed by atoms with E-state index in [9.17, 15) is 0 Å². The van der Waals surface area contributed by atoms with Gasteiger partial charge >= 0.3 is 0 Å². The van der Waals surface area contributed by atoms with E-state index >= 15 is 0 Å². The lowest BCUT2D eigenvalue weighted by Crippen LogP contribution is -2.51. The number of unbranched alkanes of at least 4 members (excludes halogenated alkanes) is 9. The predicted molar refractivity (Wildman–Crippen MR) is 128 cm³/mol. The molecule has 1 rings (SSSR count). The number of hydrogen-bond acceptors (Lipinski definition) is 0. The number of nitrogens with zero attached hydrogens (tertiary/aromatic N) is 1. The van der Waals surface area contributed by atoms with Crippen molar-refractivity contribution in [1.29, 1.82) is 0 Å². The lowest BCUT2D eigenvalue weighted by Gasteiger charge is -2.40. The summed E-state index contributed by atoms with van der Waals surface area (Å²) >= 11 is 0. The smallest absolute Gasteiger partial charge is 0.104 e. The Balaban J connectivity index is 2.85. The number of quaternary nitrogens is 1. The van der Waals surface area contributed by atoms with Gasteiger partial charge in [0.1, 0.15) is 6.54 Å². The van der Waals surface area contributed by atoms with Crippen molar-refractivity contribution >= 4 is 5.57 Å². The Bertz CT molecular complexity index is 459. The molecule has 0 radical (unpaired) electrons. The fourth-order valence-electron chi connectivity index (χ4n) is 4.36. The second-order valence-corrected chi connectivity index (χ2v) is 8.82. The molecule has 0 unspecified atom stereocenters. The molecule has 0 aliphatic rings. The lowest BCUT2D eigenvalue weighted by molar-refractivity contribution is -0.922. The number of hydrogen-bond donors (Lipinski definition) is 0. The van der Waals surface area contributed by atoms with E-state index < -0.39 is 0 Å². The minimum Gasteiger partial charge on any atom is -0.320 e. The first kappa shape index (κ1) is 25.0. The Hall–Kier alpha value is -1.08. The van der Waals surface area contributed by atoms with Gasteiger partial charge in [-0.1, -0.05) is 96.2 Å². The first-order valence-corrected chi connectivity index (χ1v) is 12.3. The van der Waals surface area contributed by atoms with Crippen molar-refractivity contribution in [1.82, 2.24) is 0 Å². The van der Waals surface area contributed by atoms with E-state index in [1.54, 1.807) is 0 Å². The summed E-state index contributed by atoms with van der Waals surface area (Å²) < 4.78 is 1.27. The van der Waals surface area contributed by atoms with Gasteiger partial charge in [0.25, 0.3) is 0 Å². The summed E-state index contributed by atoms with van der Waals surface area (Å²) in [7, 11) is 0. The Morgan fingerprint density at radius 2 is 1.07 bits per heavy atom. The van der Waals surface area contributed by atoms with E-state index in [2.05, 4.69) is 57.7 Å². The van der Waals surface area contributed by atoms with E-state index in [1.165, 1.54) is 112 Å². The van der Waals surface area contributed by atoms with Gasteiger partial charge in [-0.2, -0.15) is 0 Å². The molecule has 1 aromatic rings. The molecule has 0 atom stereocenters. The van der Waals surface area contributed by atoms with Gasteiger partial charge < -0.3 is 4.48 Å². The maximum atomic E-state index is 4.53. The van der Waals surface area contributed by atoms with Crippen LogP contribution in [0, 0.1) is 0 Å². The van der Waals surface area contributed by atoms with Gasteiger partial charge in [0, 0.05) is 5.57 Å². The monoisotopic (exact) mass is 386 g/mol. The molecular formula is C27H48N+. The van der Waals surface area contributed by atoms with E-state index in [4.69, 9.17) is 0 Å². The van der Waals surface area contributed by atoms with Crippen molar-refractivity contribution in [2.75, 3.05) is 26.2 Å². The Morgan fingerprint density at radius 3 is 1.46 bits per heavy atom. The highest BCUT2D eigenvalue weighted by atomic mass is 15.3. The van der Waals surface area contributed by atoms with Gasteiger partial charge in [0.05, 0.1) is 19.6 Å². The topological polar surface area (TPSA) is 0 Å². The van der Waals surface area contributed by atoms with Crippen LogP contribution in [0.3, 0.4) is 0 Å². The van der Waals surface area contributed by atoms with Crippen LogP contribution in [0.4, 0.5) is 0 Å². The predicted octanol–water partition coefficient (Wildman–Crippen LogP) is 8.26. The molecule has 28 heavy (non-hydrogen) atoms. The van der Waals surface area contributed by atoms with Crippen molar-refractivity contribution < 1.29 is 4.48 Å². The molecule has 1 heteroatoms. The van der Waals surface area contributed by atoms with Crippen molar-refractivity contribution in [3.8, 4) is 0 Å². The number of benzene rings is 1. The average molecular weight is 387 g/mol. The Kier molecular flexibility index (Phi) is 14.1. The first-order valence-electron chi connectivity index (χ1n) is 12.3. The molecule has 0 spiro atoms. The van der Waals surface area contributed by atoms with Gasteiger partial charge in [0.2, 0.25) is 0 Å². The van der Waals surface area contributed by atoms with Crippen LogP contribution in [-0.4, -0.2) is 30.7 Å². The summed E-state index contributed by atoms with van der Waals surface area (Å²) in [4.78, 5) is 0. The van der Waals surface area contributed by atoms with Crippen molar-refractivity contribution in [2.45, 2.75) is 97.8 Å². The fraction of sp³-hybridized carbons (Fsp3) is 0.704. The van der Waals surface area contributed by atoms with Crippen molar-refractivity contribution in [3.63, 3.8) is 0 Å². The summed E-state index contributed by atoms with van der Waals surface area (Å²) in [6.07, 6.45) is 16.4. The third kappa shape index (κ3) is 10.5. The summed E-state index contributed by atoms with van der Waals surface area (Å²) in [5.74, 6) is 0. The van der Waals surface area contributed by atoms with E-state index in [1.807, 2.05) is 0 Å². The highest BCUT2D eigenvalue weighted by Gasteiger charge is 2.27. The highest BCUT2D eigenvalue weighted by molar-refractivity contribution is 5.63. The van der Waals surface area contributed by atoms with Crippen LogP contribution in [0.25, 0.3) is 5.57 Å². The zero-order chi connectivity index (χ0) is 20.5. The van der Waals surface area contributed by atoms with Crippen LogP contribution in [-0.2, 0) is 0 Å². The Labute approximate surface area is 176 Å². The minimum absolute atomic E-state index is 1.13. The second-order valence-electron chi connectivity index (χ2n) is 8.82. The average Bonchev–Trinajstić information content (AvgIpc) is 2.72. The Morgan fingerprint density at radius 1 is 0.643 bits per heavy atom. The van der Waals surface area contributed by atoms with Crippen LogP contribution in [0.2, 0.25) is 0 Å². The third-order valence-corrected chi connectivity index (χ3v) is 6.17. The molecule has 0 aliphatic carbocycles. The molecule has 0 heterocycles. The third-order valence-electron chi connectivity index (χ3n) is 6.17. The normalized spacial score (nSPS) is 11.7. The molecule has 0 saturated heterocycles. The van der Waals surface area contributed by atoms with Crippen LogP contribution in [0.5, 0.6) is 0 Å². The van der Waals surface area contributed by atoms with Gasteiger partial charge in [0.15, 0.2) is 0 Å². The van der Waals surface area contributed by atoms with Crippen molar-refractivity contribution in [3.05, 3.63) is 42.5 Å². The van der Waals surface area contributed by atoms with Gasteiger partial charge in [-0.05, 0) is 44.1 Å². The van der Waals surface area contributed by atoms with Gasteiger partial charge in [-0.3, -0.25) is 0 Å². The fourth-order valence-corrected chi connectivity index (χ4v) is 4.36. The van der Waals surface area contributed by atoms with E-state index in [-0.39, 0.29) is 0 Å². The largest absolute Gasteiger partial charge is 0.320 e. The molecule has 0 aliphatic heterocycles. The van der Waals surface area contributed by atoms with Gasteiger partial charge in [-0.15, -0.1) is 0 Å². The maximum absolute atomic E-state index is 4.53. The molecule has 0 fully saturated rings. The summed E-state index contributed by atoms with van der Waals surface area (Å²) in [5, 5.41) is 0. The van der Waals surface area contributed by atoms with E-state index in [0.717, 1.165) is 6.54 Å². The standard InChI is InChI=1S/C27H48N/c1-5-8-11-17-22-28(23-18-12-9-6-2,24-19-13-10-7-3)25-26(4)27-20-15-14-16-21-27/h14-16,20-21H,4-13,17-19,22-25H2,1-3H3/q+1. The molecule has 1 nitrogen and oxygen atoms in total. The molecule has 1 aromatic carbocycles. The van der Waals surface area contributed by atoms with E-state index in [0.29, 0.717) is 0 Å². The zero-order valence-electron chi connectivity index (χ0n) is 19.4. The summed E-state index contributed by atoms with van der Waals surface area (Å²) in [5.41, 5.74) is 2.67. The SMILES string of the molecule is C=C(C[N+](CCCCCC)(CCCCCC)CCCCCC)c1ccccc1. The molecule has 0 N–H and O–H groups in total. The van der Waals surface area contributed by atoms with Gasteiger partial charge in [-0.25, -0.2) is 0 Å². The molecule has 160 valence electrons. The number of rotatable bonds is 18. The zero-order valence-corrected chi connectivity index (χ0v) is 19.4. The molecule has 0 amide bonds.